The molecule has 1 aromatic carbocycles. The van der Waals surface area contributed by atoms with Crippen LogP contribution in [0.5, 0.6) is 5.75 Å². The second kappa shape index (κ2) is 26.7. The topological polar surface area (TPSA) is 139 Å². The zero-order chi connectivity index (χ0) is 24.6. The van der Waals surface area contributed by atoms with Crippen LogP contribution in [0.15, 0.2) is 24.3 Å². The van der Waals surface area contributed by atoms with Gasteiger partial charge in [0.2, 0.25) is 0 Å². The van der Waals surface area contributed by atoms with Gasteiger partial charge in [-0.1, -0.05) is 45.6 Å². The summed E-state index contributed by atoms with van der Waals surface area (Å²) < 4.78 is 15.6. The van der Waals surface area contributed by atoms with Gasteiger partial charge in [0.05, 0.1) is 13.2 Å². The minimum Gasteiger partial charge on any atom is -0.655 e. The van der Waals surface area contributed by atoms with Crippen molar-refractivity contribution >= 4 is 5.91 Å². The summed E-state index contributed by atoms with van der Waals surface area (Å²) in [4.78, 5) is 11.9. The number of benzene rings is 1. The Labute approximate surface area is 213 Å². The van der Waals surface area contributed by atoms with Crippen LogP contribution in [0.3, 0.4) is 0 Å². The third-order valence-corrected chi connectivity index (χ3v) is 3.30. The largest absolute Gasteiger partial charge is 0.655 e. The van der Waals surface area contributed by atoms with Gasteiger partial charge in [0, 0.05) is 45.6 Å². The summed E-state index contributed by atoms with van der Waals surface area (Å²) in [5.41, 5.74) is 13.1. The van der Waals surface area contributed by atoms with Gasteiger partial charge < -0.3 is 41.4 Å². The second-order valence-corrected chi connectivity index (χ2v) is 6.29. The van der Waals surface area contributed by atoms with Gasteiger partial charge in [-0.2, -0.15) is 0 Å². The van der Waals surface area contributed by atoms with Crippen molar-refractivity contribution < 1.29 is 45.2 Å². The van der Waals surface area contributed by atoms with Crippen LogP contribution in [-0.2, 0) is 30.5 Å². The molecule has 1 rings (SSSR count). The van der Waals surface area contributed by atoms with Crippen molar-refractivity contribution in [3.63, 3.8) is 0 Å². The van der Waals surface area contributed by atoms with E-state index in [4.69, 9.17) is 30.8 Å². The molecule has 0 spiro atoms. The Morgan fingerprint density at radius 2 is 1.94 bits per heavy atom. The maximum Gasteiger partial charge on any atom is 0.251 e. The van der Waals surface area contributed by atoms with Crippen LogP contribution in [0.4, 0.5) is 0 Å². The van der Waals surface area contributed by atoms with Gasteiger partial charge in [-0.05, 0) is 32.0 Å². The molecule has 0 fully saturated rings. The SMILES string of the molecule is CC.CC(C)C#CCO.CNCCNC(=O)c1cccc(OCC(N)OCCOC[NH-])c1.[W]. The molecule has 10 heteroatoms. The Balaban J connectivity index is -0.000000769. The minimum atomic E-state index is -0.600. The molecule has 1 unspecified atom stereocenters. The molecule has 190 valence electrons. The van der Waals surface area contributed by atoms with Gasteiger partial charge in [0.15, 0.2) is 0 Å². The van der Waals surface area contributed by atoms with Gasteiger partial charge >= 0.3 is 0 Å². The molecule has 0 aromatic heterocycles. The predicted octanol–water partition coefficient (Wildman–Crippen LogP) is 2.00. The van der Waals surface area contributed by atoms with Crippen molar-refractivity contribution in [2.75, 3.05) is 53.3 Å². The zero-order valence-electron chi connectivity index (χ0n) is 20.5. The number of nitrogens with two attached hydrogens (primary N) is 1. The van der Waals surface area contributed by atoms with Crippen LogP contribution >= 0.6 is 0 Å². The van der Waals surface area contributed by atoms with Gasteiger partial charge in [-0.3, -0.25) is 4.79 Å². The summed E-state index contributed by atoms with van der Waals surface area (Å²) in [5.74, 6) is 6.12. The average Bonchev–Trinajstić information content (AvgIpc) is 2.81. The molecule has 0 aliphatic rings. The van der Waals surface area contributed by atoms with E-state index >= 15 is 0 Å². The Bertz CT molecular complexity index is 639. The maximum atomic E-state index is 11.9. The van der Waals surface area contributed by atoms with Crippen LogP contribution in [0.1, 0.15) is 38.1 Å². The summed E-state index contributed by atoms with van der Waals surface area (Å²) in [6, 6.07) is 6.87. The first-order valence-electron chi connectivity index (χ1n) is 10.8. The molecule has 1 atom stereocenters. The summed E-state index contributed by atoms with van der Waals surface area (Å²) in [7, 11) is 1.82. The predicted molar refractivity (Wildman–Crippen MR) is 128 cm³/mol. The molecule has 0 aliphatic heterocycles. The zero-order valence-corrected chi connectivity index (χ0v) is 23.4. The summed E-state index contributed by atoms with van der Waals surface area (Å²) in [6.07, 6.45) is -0.600. The monoisotopic (exact) mass is 637 g/mol. The number of carbonyl (C=O) groups is 1. The number of carbonyl (C=O) groups excluding carboxylic acids is 1. The van der Waals surface area contributed by atoms with E-state index in [1.165, 1.54) is 0 Å². The molecule has 0 saturated carbocycles. The van der Waals surface area contributed by atoms with Gasteiger partial charge in [0.1, 0.15) is 25.2 Å². The van der Waals surface area contributed by atoms with Crippen molar-refractivity contribution in [3.05, 3.63) is 35.6 Å². The molecule has 6 N–H and O–H groups in total. The summed E-state index contributed by atoms with van der Waals surface area (Å²) in [5, 5.41) is 13.9. The smallest absolute Gasteiger partial charge is 0.251 e. The van der Waals surface area contributed by atoms with E-state index in [1.807, 2.05) is 34.7 Å². The van der Waals surface area contributed by atoms with Gasteiger partial charge in [-0.15, -0.1) is 0 Å². The van der Waals surface area contributed by atoms with E-state index in [-0.39, 0.29) is 46.9 Å². The van der Waals surface area contributed by atoms with Crippen molar-refractivity contribution in [1.82, 2.24) is 10.6 Å². The number of nitrogens with one attached hydrogen (secondary N) is 3. The average molecular weight is 637 g/mol. The van der Waals surface area contributed by atoms with E-state index in [1.54, 1.807) is 24.3 Å². The van der Waals surface area contributed by atoms with E-state index < -0.39 is 6.23 Å². The molecule has 9 nitrogen and oxygen atoms in total. The molecular weight excluding hydrogens is 596 g/mol. The molecule has 33 heavy (non-hydrogen) atoms. The number of likely N-dealkylation sites (N-methyl/N-ethyl adjacent to an activating group) is 1. The van der Waals surface area contributed by atoms with Crippen molar-refractivity contribution in [1.29, 1.82) is 0 Å². The van der Waals surface area contributed by atoms with Crippen molar-refractivity contribution in [2.24, 2.45) is 11.7 Å². The minimum absolute atomic E-state index is 0. The third kappa shape index (κ3) is 23.5. The number of amides is 1. The fourth-order valence-electron chi connectivity index (χ4n) is 1.94. The first-order chi connectivity index (χ1) is 15.4. The summed E-state index contributed by atoms with van der Waals surface area (Å²) in [6.45, 7) is 9.90. The summed E-state index contributed by atoms with van der Waals surface area (Å²) >= 11 is 0. The third-order valence-electron chi connectivity index (χ3n) is 3.30. The molecule has 0 bridgehead atoms. The van der Waals surface area contributed by atoms with Crippen LogP contribution < -0.4 is 21.1 Å². The number of ether oxygens (including phenoxy) is 3. The molecule has 0 saturated heterocycles. The number of aliphatic hydroxyl groups excluding tert-OH is 1. The molecule has 0 heterocycles. The van der Waals surface area contributed by atoms with E-state index in [2.05, 4.69) is 22.5 Å². The molecule has 1 amide bonds. The Morgan fingerprint density at radius 3 is 2.48 bits per heavy atom. The van der Waals surface area contributed by atoms with Crippen LogP contribution in [0, 0.1) is 17.8 Å². The van der Waals surface area contributed by atoms with Crippen molar-refractivity contribution in [2.45, 2.75) is 33.9 Å². The first-order valence-corrected chi connectivity index (χ1v) is 10.8. The van der Waals surface area contributed by atoms with Crippen LogP contribution in [0.2, 0.25) is 0 Å². The fourth-order valence-corrected chi connectivity index (χ4v) is 1.94. The standard InChI is InChI=1S/C15H25N4O4.C6H10O.C2H6.W/c1-18-5-6-19-15(20)12-3-2-4-13(9-12)23-10-14(17)22-8-7-21-11-16;1-6(2)4-3-5-7;1-2;/h2-4,9,14,16,18H,5-8,10-11,17H2,1H3,(H,19,20);6-7H,5H2,1-2H3;1-2H3;/q-1;;;. The molecule has 1 aromatic rings. The maximum absolute atomic E-state index is 11.9. The Morgan fingerprint density at radius 1 is 1.24 bits per heavy atom. The number of hydrogen-bond acceptors (Lipinski definition) is 7. The van der Waals surface area contributed by atoms with Gasteiger partial charge in [0.25, 0.3) is 5.91 Å². The van der Waals surface area contributed by atoms with E-state index in [9.17, 15) is 4.79 Å². The molecule has 0 radical (unpaired) electrons. The number of aliphatic hydroxyl groups is 1. The quantitative estimate of drug-likeness (QED) is 0.156. The molecular formula is C23H41N4O5W-. The van der Waals surface area contributed by atoms with E-state index in [0.717, 1.165) is 0 Å². The number of hydrogen-bond donors (Lipinski definition) is 4. The Hall–Kier alpha value is -1.50. The molecule has 0 aliphatic carbocycles. The normalized spacial score (nSPS) is 10.2. The van der Waals surface area contributed by atoms with Crippen molar-refractivity contribution in [3.8, 4) is 17.6 Å². The Kier molecular flexibility index (Phi) is 29.2. The second-order valence-electron chi connectivity index (χ2n) is 6.29. The number of rotatable bonds is 12. The fraction of sp³-hybridized carbons (Fsp3) is 0.609. The first kappa shape index (κ1) is 36.1. The van der Waals surface area contributed by atoms with Crippen LogP contribution in [0.25, 0.3) is 5.73 Å². The van der Waals surface area contributed by atoms with Gasteiger partial charge in [-0.25, -0.2) is 0 Å². The van der Waals surface area contributed by atoms with Crippen LogP contribution in [-0.4, -0.2) is 70.5 Å². The van der Waals surface area contributed by atoms with E-state index in [0.29, 0.717) is 43.5 Å².